The normalized spacial score (nSPS) is 12.4. The minimum absolute atomic E-state index is 0.407. The lowest BCUT2D eigenvalue weighted by molar-refractivity contribution is 0.652. The van der Waals surface area contributed by atoms with Crippen LogP contribution >= 0.6 is 0 Å². The van der Waals surface area contributed by atoms with Gasteiger partial charge in [0.15, 0.2) is 0 Å². The van der Waals surface area contributed by atoms with E-state index in [4.69, 9.17) is 0 Å². The zero-order valence-corrected chi connectivity index (χ0v) is 9.77. The highest BCUT2D eigenvalue weighted by Crippen LogP contribution is 2.21. The maximum absolute atomic E-state index is 3.24. The second-order valence-corrected chi connectivity index (χ2v) is 4.00. The zero-order valence-electron chi connectivity index (χ0n) is 9.77. The fourth-order valence-electron chi connectivity index (χ4n) is 1.76. The molecule has 2 aromatic carbocycles. The van der Waals surface area contributed by atoms with Gasteiger partial charge in [0.25, 0.3) is 0 Å². The first-order valence-electron chi connectivity index (χ1n) is 5.64. The molecule has 0 spiro atoms. The summed E-state index contributed by atoms with van der Waals surface area (Å²) in [6.45, 7) is 2.16. The van der Waals surface area contributed by atoms with Gasteiger partial charge in [-0.3, -0.25) is 0 Å². The summed E-state index contributed by atoms with van der Waals surface area (Å²) in [4.78, 5) is 0. The Morgan fingerprint density at radius 2 is 1.38 bits per heavy atom. The Hall–Kier alpha value is -1.60. The first kappa shape index (κ1) is 10.9. The summed E-state index contributed by atoms with van der Waals surface area (Å²) in [5, 5.41) is 3.24. The molecular weight excluding hydrogens is 194 g/mol. The van der Waals surface area contributed by atoms with Crippen molar-refractivity contribution >= 4 is 0 Å². The van der Waals surface area contributed by atoms with Crippen LogP contribution in [0.3, 0.4) is 0 Å². The van der Waals surface area contributed by atoms with Crippen molar-refractivity contribution < 1.29 is 0 Å². The number of rotatable bonds is 3. The van der Waals surface area contributed by atoms with E-state index in [0.717, 1.165) is 0 Å². The molecule has 2 rings (SSSR count). The Balaban J connectivity index is 2.26. The largest absolute Gasteiger partial charge is 0.313 e. The molecule has 0 radical (unpaired) electrons. The minimum atomic E-state index is 0.407. The lowest BCUT2D eigenvalue weighted by Crippen LogP contribution is -2.11. The number of hydrogen-bond acceptors (Lipinski definition) is 1. The van der Waals surface area contributed by atoms with Crippen LogP contribution in [0.15, 0.2) is 54.6 Å². The third kappa shape index (κ3) is 2.31. The molecule has 0 aliphatic heterocycles. The van der Waals surface area contributed by atoms with Crippen molar-refractivity contribution in [2.24, 2.45) is 0 Å². The Labute approximate surface area is 97.1 Å². The van der Waals surface area contributed by atoms with E-state index in [1.165, 1.54) is 16.7 Å². The van der Waals surface area contributed by atoms with Gasteiger partial charge in [0.1, 0.15) is 0 Å². The van der Waals surface area contributed by atoms with Gasteiger partial charge < -0.3 is 5.32 Å². The maximum Gasteiger partial charge on any atom is 0.0289 e. The van der Waals surface area contributed by atoms with Gasteiger partial charge in [-0.05, 0) is 30.7 Å². The summed E-state index contributed by atoms with van der Waals surface area (Å²) in [5.41, 5.74) is 3.86. The summed E-state index contributed by atoms with van der Waals surface area (Å²) >= 11 is 0. The third-order valence-corrected chi connectivity index (χ3v) is 2.95. The van der Waals surface area contributed by atoms with Crippen molar-refractivity contribution in [2.75, 3.05) is 7.05 Å². The molecule has 16 heavy (non-hydrogen) atoms. The van der Waals surface area contributed by atoms with Crippen LogP contribution in [0.4, 0.5) is 0 Å². The van der Waals surface area contributed by atoms with Crippen LogP contribution in [0.2, 0.25) is 0 Å². The van der Waals surface area contributed by atoms with Gasteiger partial charge in [-0.15, -0.1) is 0 Å². The van der Waals surface area contributed by atoms with Gasteiger partial charge in [0.2, 0.25) is 0 Å². The lowest BCUT2D eigenvalue weighted by atomic mass is 10.0. The van der Waals surface area contributed by atoms with E-state index in [1.54, 1.807) is 0 Å². The van der Waals surface area contributed by atoms with Crippen LogP contribution in [0.25, 0.3) is 11.1 Å². The van der Waals surface area contributed by atoms with Crippen molar-refractivity contribution in [3.05, 3.63) is 60.2 Å². The molecule has 0 aliphatic rings. The number of benzene rings is 2. The zero-order chi connectivity index (χ0) is 11.4. The van der Waals surface area contributed by atoms with Gasteiger partial charge in [-0.2, -0.15) is 0 Å². The predicted molar refractivity (Wildman–Crippen MR) is 69.4 cm³/mol. The van der Waals surface area contributed by atoms with E-state index >= 15 is 0 Å². The molecule has 82 valence electrons. The standard InChI is InChI=1S/C15H17N/c1-12(16-2)13-8-10-15(11-9-13)14-6-4-3-5-7-14/h3-12,16H,1-2H3/t12-/m0/s1. The maximum atomic E-state index is 3.24. The van der Waals surface area contributed by atoms with Gasteiger partial charge in [-0.25, -0.2) is 0 Å². The van der Waals surface area contributed by atoms with E-state index in [0.29, 0.717) is 6.04 Å². The van der Waals surface area contributed by atoms with E-state index in [1.807, 2.05) is 13.1 Å². The quantitative estimate of drug-likeness (QED) is 0.817. The Morgan fingerprint density at radius 3 is 1.94 bits per heavy atom. The van der Waals surface area contributed by atoms with Crippen molar-refractivity contribution in [1.82, 2.24) is 5.32 Å². The average Bonchev–Trinajstić information content (AvgIpc) is 2.39. The van der Waals surface area contributed by atoms with Gasteiger partial charge >= 0.3 is 0 Å². The van der Waals surface area contributed by atoms with Crippen LogP contribution < -0.4 is 5.32 Å². The van der Waals surface area contributed by atoms with Gasteiger partial charge in [0.05, 0.1) is 0 Å². The SMILES string of the molecule is CN[C@@H](C)c1ccc(-c2ccccc2)cc1. The summed E-state index contributed by atoms with van der Waals surface area (Å²) in [6.07, 6.45) is 0. The Bertz CT molecular complexity index is 431. The van der Waals surface area contributed by atoms with Crippen LogP contribution in [0, 0.1) is 0 Å². The van der Waals surface area contributed by atoms with E-state index in [2.05, 4.69) is 60.8 Å². The molecule has 1 nitrogen and oxygen atoms in total. The Morgan fingerprint density at radius 1 is 0.812 bits per heavy atom. The van der Waals surface area contributed by atoms with Gasteiger partial charge in [0, 0.05) is 6.04 Å². The Kier molecular flexibility index (Phi) is 3.37. The van der Waals surface area contributed by atoms with Crippen molar-refractivity contribution in [3.63, 3.8) is 0 Å². The molecule has 0 saturated heterocycles. The molecule has 0 saturated carbocycles. The van der Waals surface area contributed by atoms with Crippen molar-refractivity contribution in [1.29, 1.82) is 0 Å². The molecular formula is C15H17N. The number of nitrogens with one attached hydrogen (secondary N) is 1. The summed E-state index contributed by atoms with van der Waals surface area (Å²) in [6, 6.07) is 19.6. The van der Waals surface area contributed by atoms with E-state index < -0.39 is 0 Å². The van der Waals surface area contributed by atoms with Crippen LogP contribution in [0.5, 0.6) is 0 Å². The number of hydrogen-bond donors (Lipinski definition) is 1. The summed E-state index contributed by atoms with van der Waals surface area (Å²) in [7, 11) is 1.98. The highest BCUT2D eigenvalue weighted by atomic mass is 14.8. The molecule has 1 N–H and O–H groups in total. The topological polar surface area (TPSA) is 12.0 Å². The second-order valence-electron chi connectivity index (χ2n) is 4.00. The molecule has 2 aromatic rings. The predicted octanol–water partition coefficient (Wildman–Crippen LogP) is 3.63. The highest BCUT2D eigenvalue weighted by molar-refractivity contribution is 5.63. The molecule has 0 fully saturated rings. The molecule has 0 amide bonds. The van der Waals surface area contributed by atoms with Crippen LogP contribution in [-0.2, 0) is 0 Å². The molecule has 1 atom stereocenters. The summed E-state index contributed by atoms with van der Waals surface area (Å²) in [5.74, 6) is 0. The molecule has 0 aromatic heterocycles. The van der Waals surface area contributed by atoms with Crippen molar-refractivity contribution in [3.8, 4) is 11.1 Å². The molecule has 0 bridgehead atoms. The lowest BCUT2D eigenvalue weighted by Gasteiger charge is -2.11. The van der Waals surface area contributed by atoms with Gasteiger partial charge in [-0.1, -0.05) is 54.6 Å². The monoisotopic (exact) mass is 211 g/mol. The first-order chi connectivity index (χ1) is 7.81. The third-order valence-electron chi connectivity index (χ3n) is 2.95. The van der Waals surface area contributed by atoms with E-state index in [-0.39, 0.29) is 0 Å². The van der Waals surface area contributed by atoms with Crippen molar-refractivity contribution in [2.45, 2.75) is 13.0 Å². The fraction of sp³-hybridized carbons (Fsp3) is 0.200. The smallest absolute Gasteiger partial charge is 0.0289 e. The summed E-state index contributed by atoms with van der Waals surface area (Å²) < 4.78 is 0. The highest BCUT2D eigenvalue weighted by Gasteiger charge is 2.02. The molecule has 1 heteroatoms. The fourth-order valence-corrected chi connectivity index (χ4v) is 1.76. The molecule has 0 heterocycles. The average molecular weight is 211 g/mol. The van der Waals surface area contributed by atoms with E-state index in [9.17, 15) is 0 Å². The van der Waals surface area contributed by atoms with Crippen LogP contribution in [-0.4, -0.2) is 7.05 Å². The second kappa shape index (κ2) is 4.95. The molecule has 0 unspecified atom stereocenters. The first-order valence-corrected chi connectivity index (χ1v) is 5.64. The molecule has 0 aliphatic carbocycles. The minimum Gasteiger partial charge on any atom is -0.313 e. The van der Waals surface area contributed by atoms with Crippen LogP contribution in [0.1, 0.15) is 18.5 Å².